The van der Waals surface area contributed by atoms with Gasteiger partial charge < -0.3 is 9.80 Å². The van der Waals surface area contributed by atoms with E-state index < -0.39 is 0 Å². The van der Waals surface area contributed by atoms with Gasteiger partial charge in [0.2, 0.25) is 5.91 Å². The van der Waals surface area contributed by atoms with Crippen LogP contribution in [0.1, 0.15) is 29.6 Å². The predicted octanol–water partition coefficient (Wildman–Crippen LogP) is 2.18. The lowest BCUT2D eigenvalue weighted by Crippen LogP contribution is -2.52. The van der Waals surface area contributed by atoms with Gasteiger partial charge in [0, 0.05) is 49.7 Å². The van der Waals surface area contributed by atoms with E-state index in [1.54, 1.807) is 11.8 Å². The second-order valence-corrected chi connectivity index (χ2v) is 7.62. The zero-order valence-corrected chi connectivity index (χ0v) is 15.8. The Labute approximate surface area is 154 Å². The zero-order chi connectivity index (χ0) is 17.6. The van der Waals surface area contributed by atoms with Crippen molar-refractivity contribution in [3.63, 3.8) is 0 Å². The summed E-state index contributed by atoms with van der Waals surface area (Å²) < 4.78 is 0. The van der Waals surface area contributed by atoms with E-state index in [1.807, 2.05) is 40.3 Å². The molecule has 0 saturated carbocycles. The summed E-state index contributed by atoms with van der Waals surface area (Å²) in [6, 6.07) is 7.79. The molecule has 0 radical (unpaired) electrons. The van der Waals surface area contributed by atoms with Crippen LogP contribution in [0.5, 0.6) is 0 Å². The van der Waals surface area contributed by atoms with Gasteiger partial charge in [0.15, 0.2) is 0 Å². The number of likely N-dealkylation sites (tertiary alicyclic amines) is 1. The van der Waals surface area contributed by atoms with Crippen molar-refractivity contribution in [3.8, 4) is 0 Å². The maximum atomic E-state index is 12.6. The van der Waals surface area contributed by atoms with Crippen LogP contribution in [-0.2, 0) is 4.79 Å². The van der Waals surface area contributed by atoms with Gasteiger partial charge in [-0.15, -0.1) is 11.8 Å². The maximum Gasteiger partial charge on any atom is 0.253 e. The number of rotatable bonds is 4. The quantitative estimate of drug-likeness (QED) is 0.771. The van der Waals surface area contributed by atoms with E-state index in [1.165, 1.54) is 6.42 Å². The van der Waals surface area contributed by atoms with Crippen LogP contribution < -0.4 is 0 Å². The molecule has 2 heterocycles. The molecule has 2 aliphatic rings. The molecule has 2 aliphatic heterocycles. The van der Waals surface area contributed by atoms with Crippen molar-refractivity contribution in [2.75, 3.05) is 52.1 Å². The van der Waals surface area contributed by atoms with Crippen LogP contribution in [0.15, 0.2) is 29.2 Å². The van der Waals surface area contributed by atoms with Gasteiger partial charge >= 0.3 is 0 Å². The lowest BCUT2D eigenvalue weighted by atomic mass is 10.1. The molecule has 2 saturated heterocycles. The first-order chi connectivity index (χ1) is 12.2. The second kappa shape index (κ2) is 8.72. The number of piperazine rings is 1. The van der Waals surface area contributed by atoms with Gasteiger partial charge in [0.25, 0.3) is 5.91 Å². The monoisotopic (exact) mass is 361 g/mol. The highest BCUT2D eigenvalue weighted by Crippen LogP contribution is 2.17. The van der Waals surface area contributed by atoms with Crippen LogP contribution in [0.25, 0.3) is 0 Å². The molecular weight excluding hydrogens is 334 g/mol. The normalized spacial score (nSPS) is 19.1. The van der Waals surface area contributed by atoms with E-state index in [0.29, 0.717) is 19.6 Å². The van der Waals surface area contributed by atoms with Crippen molar-refractivity contribution in [1.29, 1.82) is 0 Å². The summed E-state index contributed by atoms with van der Waals surface area (Å²) in [7, 11) is 0. The number of carbonyl (C=O) groups excluding carboxylic acids is 2. The van der Waals surface area contributed by atoms with Crippen molar-refractivity contribution in [2.45, 2.75) is 24.2 Å². The fourth-order valence-corrected chi connectivity index (χ4v) is 3.87. The Morgan fingerprint density at radius 1 is 0.880 bits per heavy atom. The topological polar surface area (TPSA) is 43.9 Å². The third kappa shape index (κ3) is 4.76. The van der Waals surface area contributed by atoms with Crippen molar-refractivity contribution < 1.29 is 9.59 Å². The van der Waals surface area contributed by atoms with Crippen LogP contribution in [0.2, 0.25) is 0 Å². The lowest BCUT2D eigenvalue weighted by Gasteiger charge is -2.36. The Morgan fingerprint density at radius 2 is 1.52 bits per heavy atom. The molecule has 0 aromatic heterocycles. The summed E-state index contributed by atoms with van der Waals surface area (Å²) in [6.07, 6.45) is 5.52. The molecule has 2 amide bonds. The van der Waals surface area contributed by atoms with Crippen LogP contribution in [-0.4, -0.2) is 78.6 Å². The van der Waals surface area contributed by atoms with Crippen LogP contribution >= 0.6 is 11.8 Å². The number of hydrogen-bond donors (Lipinski definition) is 0. The van der Waals surface area contributed by atoms with E-state index in [4.69, 9.17) is 0 Å². The van der Waals surface area contributed by atoms with Gasteiger partial charge in [-0.3, -0.25) is 14.5 Å². The highest BCUT2D eigenvalue weighted by molar-refractivity contribution is 7.98. The van der Waals surface area contributed by atoms with Crippen molar-refractivity contribution in [3.05, 3.63) is 29.8 Å². The number of piperidine rings is 1. The van der Waals surface area contributed by atoms with E-state index >= 15 is 0 Å². The minimum Gasteiger partial charge on any atom is -0.342 e. The van der Waals surface area contributed by atoms with Gasteiger partial charge in [-0.25, -0.2) is 0 Å². The number of amides is 2. The number of carbonyl (C=O) groups is 2. The molecule has 0 aliphatic carbocycles. The summed E-state index contributed by atoms with van der Waals surface area (Å²) in [5.41, 5.74) is 0.746. The standard InChI is InChI=1S/C19H27N3O2S/c1-25-17-7-5-16(6-8-17)19(24)22-13-11-20(12-14-22)15-18(23)21-9-3-2-4-10-21/h5-8H,2-4,9-15H2,1H3. The molecule has 6 heteroatoms. The molecule has 0 atom stereocenters. The summed E-state index contributed by atoms with van der Waals surface area (Å²) in [5.74, 6) is 0.335. The molecule has 3 rings (SSSR count). The Bertz CT molecular complexity index is 591. The molecule has 1 aromatic rings. The lowest BCUT2D eigenvalue weighted by molar-refractivity contribution is -0.133. The van der Waals surface area contributed by atoms with Gasteiger partial charge in [-0.1, -0.05) is 0 Å². The molecule has 0 N–H and O–H groups in total. The Balaban J connectivity index is 1.47. The third-order valence-corrected chi connectivity index (χ3v) is 5.81. The minimum atomic E-state index is 0.0923. The van der Waals surface area contributed by atoms with Crippen LogP contribution in [0.3, 0.4) is 0 Å². The first-order valence-corrected chi connectivity index (χ1v) is 10.3. The number of hydrogen-bond acceptors (Lipinski definition) is 4. The summed E-state index contributed by atoms with van der Waals surface area (Å²) in [5, 5.41) is 0. The molecular formula is C19H27N3O2S. The fourth-order valence-electron chi connectivity index (χ4n) is 3.46. The highest BCUT2D eigenvalue weighted by atomic mass is 32.2. The molecule has 0 spiro atoms. The average Bonchev–Trinajstić information content (AvgIpc) is 2.69. The minimum absolute atomic E-state index is 0.0923. The third-order valence-electron chi connectivity index (χ3n) is 5.06. The first-order valence-electron chi connectivity index (χ1n) is 9.11. The number of nitrogens with zero attached hydrogens (tertiary/aromatic N) is 3. The molecule has 1 aromatic carbocycles. The smallest absolute Gasteiger partial charge is 0.253 e. The van der Waals surface area contributed by atoms with Gasteiger partial charge in [-0.2, -0.15) is 0 Å². The SMILES string of the molecule is CSc1ccc(C(=O)N2CCN(CC(=O)N3CCCCC3)CC2)cc1. The largest absolute Gasteiger partial charge is 0.342 e. The van der Waals surface area contributed by atoms with Crippen LogP contribution in [0.4, 0.5) is 0 Å². The fraction of sp³-hybridized carbons (Fsp3) is 0.579. The molecule has 136 valence electrons. The summed E-state index contributed by atoms with van der Waals surface area (Å²) >= 11 is 1.67. The molecule has 5 nitrogen and oxygen atoms in total. The van der Waals surface area contributed by atoms with Crippen LogP contribution in [0, 0.1) is 0 Å². The maximum absolute atomic E-state index is 12.6. The second-order valence-electron chi connectivity index (χ2n) is 6.74. The molecule has 0 bridgehead atoms. The Kier molecular flexibility index (Phi) is 6.37. The van der Waals surface area contributed by atoms with Crippen molar-refractivity contribution in [2.24, 2.45) is 0 Å². The first kappa shape index (κ1) is 18.3. The van der Waals surface area contributed by atoms with Gasteiger partial charge in [0.05, 0.1) is 6.54 Å². The highest BCUT2D eigenvalue weighted by Gasteiger charge is 2.25. The van der Waals surface area contributed by atoms with E-state index in [0.717, 1.165) is 49.5 Å². The predicted molar refractivity (Wildman–Crippen MR) is 101 cm³/mol. The number of benzene rings is 1. The zero-order valence-electron chi connectivity index (χ0n) is 14.9. The number of thioether (sulfide) groups is 1. The average molecular weight is 362 g/mol. The van der Waals surface area contributed by atoms with E-state index in [-0.39, 0.29) is 11.8 Å². The Morgan fingerprint density at radius 3 is 2.12 bits per heavy atom. The Hall–Kier alpha value is -1.53. The van der Waals surface area contributed by atoms with Gasteiger partial charge in [-0.05, 0) is 49.8 Å². The summed E-state index contributed by atoms with van der Waals surface area (Å²) in [6.45, 7) is 5.23. The van der Waals surface area contributed by atoms with Crippen molar-refractivity contribution in [1.82, 2.24) is 14.7 Å². The summed E-state index contributed by atoms with van der Waals surface area (Å²) in [4.78, 5) is 32.2. The molecule has 2 fully saturated rings. The van der Waals surface area contributed by atoms with E-state index in [9.17, 15) is 9.59 Å². The van der Waals surface area contributed by atoms with Gasteiger partial charge in [0.1, 0.15) is 0 Å². The van der Waals surface area contributed by atoms with E-state index in [2.05, 4.69) is 4.90 Å². The molecule has 25 heavy (non-hydrogen) atoms. The molecule has 0 unspecified atom stereocenters. The van der Waals surface area contributed by atoms with Crippen molar-refractivity contribution >= 4 is 23.6 Å².